The van der Waals surface area contributed by atoms with Crippen LogP contribution in [0.2, 0.25) is 0 Å². The van der Waals surface area contributed by atoms with Gasteiger partial charge in [-0.3, -0.25) is 0 Å². The number of nitrogens with zero attached hydrogens (tertiary/aromatic N) is 3. The van der Waals surface area contributed by atoms with Gasteiger partial charge < -0.3 is 19.1 Å². The van der Waals surface area contributed by atoms with Crippen molar-refractivity contribution < 1.29 is 4.42 Å². The molecule has 3 aliphatic heterocycles. The number of aryl methyl sites for hydroxylation is 1. The highest BCUT2D eigenvalue weighted by molar-refractivity contribution is 7.00. The van der Waals surface area contributed by atoms with Crippen LogP contribution in [0.15, 0.2) is 168 Å². The van der Waals surface area contributed by atoms with E-state index in [0.717, 1.165) is 34.0 Å². The molecule has 0 N–H and O–H groups in total. The fraction of sp³-hybridized carbons (Fsp3) is 0.262. The number of fused-ring (bicyclic) bond motifs is 10. The molecule has 9 aromatic rings. The lowest BCUT2D eigenvalue weighted by atomic mass is 9.33. The van der Waals surface area contributed by atoms with Gasteiger partial charge in [0.15, 0.2) is 0 Å². The van der Waals surface area contributed by atoms with E-state index in [1.807, 2.05) is 0 Å². The van der Waals surface area contributed by atoms with Gasteiger partial charge in [0, 0.05) is 61.6 Å². The molecule has 0 amide bonds. The predicted octanol–water partition coefficient (Wildman–Crippen LogP) is 16.0. The summed E-state index contributed by atoms with van der Waals surface area (Å²) in [5.74, 6) is 0. The molecule has 1 aromatic heterocycles. The summed E-state index contributed by atoms with van der Waals surface area (Å²) in [6.07, 6.45) is 4.84. The maximum absolute atomic E-state index is 6.43. The normalized spacial score (nSPS) is 19.3. The fourth-order valence-electron chi connectivity index (χ4n) is 13.3. The van der Waals surface area contributed by atoms with Crippen LogP contribution >= 0.6 is 0 Å². The second-order valence-corrected chi connectivity index (χ2v) is 23.4. The van der Waals surface area contributed by atoms with Crippen molar-refractivity contribution in [2.24, 2.45) is 0 Å². The van der Waals surface area contributed by atoms with Gasteiger partial charge in [0.1, 0.15) is 11.2 Å². The van der Waals surface area contributed by atoms with Crippen molar-refractivity contribution in [2.75, 3.05) is 14.7 Å². The van der Waals surface area contributed by atoms with Crippen LogP contribution in [-0.2, 0) is 16.2 Å². The molecule has 5 heteroatoms. The van der Waals surface area contributed by atoms with E-state index in [1.54, 1.807) is 0 Å². The first-order valence-corrected chi connectivity index (χ1v) is 25.7. The lowest BCUT2D eigenvalue weighted by Gasteiger charge is -2.50. The van der Waals surface area contributed by atoms with Gasteiger partial charge >= 0.3 is 0 Å². The highest BCUT2D eigenvalue weighted by Gasteiger charge is 2.58. The Morgan fingerprint density at radius 3 is 1.94 bits per heavy atom. The molecule has 0 spiro atoms. The summed E-state index contributed by atoms with van der Waals surface area (Å²) in [6.45, 7) is 21.4. The summed E-state index contributed by atoms with van der Waals surface area (Å²) in [4.78, 5) is 7.96. The Hall–Kier alpha value is -6.98. The van der Waals surface area contributed by atoms with E-state index in [1.165, 1.54) is 109 Å². The molecule has 1 fully saturated rings. The Bertz CT molecular complexity index is 3610. The molecule has 4 aliphatic rings. The average molecular weight is 912 g/mol. The quantitative estimate of drug-likeness (QED) is 0.164. The van der Waals surface area contributed by atoms with Crippen LogP contribution < -0.4 is 31.1 Å². The average Bonchev–Trinajstić information content (AvgIpc) is 3.82. The van der Waals surface area contributed by atoms with Gasteiger partial charge in [0.05, 0.1) is 11.2 Å². The third kappa shape index (κ3) is 6.15. The summed E-state index contributed by atoms with van der Waals surface area (Å²) < 4.78 is 6.43. The van der Waals surface area contributed by atoms with Crippen molar-refractivity contribution in [1.29, 1.82) is 0 Å². The highest BCUT2D eigenvalue weighted by Crippen LogP contribution is 2.61. The molecule has 1 saturated carbocycles. The molecule has 4 nitrogen and oxygen atoms in total. The Morgan fingerprint density at radius 1 is 0.500 bits per heavy atom. The van der Waals surface area contributed by atoms with Gasteiger partial charge in [-0.25, -0.2) is 0 Å². The number of furan rings is 1. The maximum atomic E-state index is 6.43. The second-order valence-electron chi connectivity index (χ2n) is 23.4. The number of hydrogen-bond acceptors (Lipinski definition) is 4. The predicted molar refractivity (Wildman–Crippen MR) is 298 cm³/mol. The van der Waals surface area contributed by atoms with E-state index in [-0.39, 0.29) is 28.5 Å². The lowest BCUT2D eigenvalue weighted by molar-refractivity contribution is 0.195. The first-order chi connectivity index (χ1) is 33.6. The zero-order valence-corrected chi connectivity index (χ0v) is 42.2. The van der Waals surface area contributed by atoms with E-state index >= 15 is 0 Å². The Balaban J connectivity index is 1.12. The van der Waals surface area contributed by atoms with E-state index in [0.29, 0.717) is 0 Å². The van der Waals surface area contributed by atoms with Gasteiger partial charge in [-0.15, -0.1) is 0 Å². The molecule has 346 valence electrons. The van der Waals surface area contributed by atoms with E-state index in [4.69, 9.17) is 4.42 Å². The summed E-state index contributed by atoms with van der Waals surface area (Å²) in [6, 6.07) is 62.6. The third-order valence-electron chi connectivity index (χ3n) is 17.1. The van der Waals surface area contributed by atoms with E-state index in [9.17, 15) is 0 Å². The zero-order chi connectivity index (χ0) is 48.1. The van der Waals surface area contributed by atoms with E-state index in [2.05, 4.69) is 241 Å². The minimum Gasteiger partial charge on any atom is -0.456 e. The molecule has 0 radical (unpaired) electrons. The maximum Gasteiger partial charge on any atom is 0.252 e. The van der Waals surface area contributed by atoms with Crippen molar-refractivity contribution in [3.63, 3.8) is 0 Å². The molecule has 0 saturated heterocycles. The molecular formula is C65H62BN3O. The second kappa shape index (κ2) is 15.0. The molecule has 2 unspecified atom stereocenters. The molecule has 1 aliphatic carbocycles. The van der Waals surface area contributed by atoms with Crippen molar-refractivity contribution in [3.8, 4) is 11.1 Å². The highest BCUT2D eigenvalue weighted by atomic mass is 16.3. The summed E-state index contributed by atoms with van der Waals surface area (Å²) in [5, 5.41) is 2.26. The number of anilines is 8. The van der Waals surface area contributed by atoms with Gasteiger partial charge in [0.25, 0.3) is 6.71 Å². The first kappa shape index (κ1) is 43.1. The Morgan fingerprint density at radius 2 is 1.16 bits per heavy atom. The van der Waals surface area contributed by atoms with Crippen LogP contribution in [0.4, 0.5) is 45.5 Å². The Kier molecular flexibility index (Phi) is 9.24. The zero-order valence-electron chi connectivity index (χ0n) is 42.2. The lowest BCUT2D eigenvalue weighted by Crippen LogP contribution is -2.61. The number of hydrogen-bond donors (Lipinski definition) is 0. The van der Waals surface area contributed by atoms with Crippen LogP contribution in [0.25, 0.3) is 33.1 Å². The van der Waals surface area contributed by atoms with Gasteiger partial charge in [-0.2, -0.15) is 0 Å². The van der Waals surface area contributed by atoms with Crippen molar-refractivity contribution >= 4 is 90.5 Å². The van der Waals surface area contributed by atoms with Gasteiger partial charge in [0.2, 0.25) is 0 Å². The largest absolute Gasteiger partial charge is 0.456 e. The molecule has 8 aromatic carbocycles. The first-order valence-electron chi connectivity index (χ1n) is 25.7. The monoisotopic (exact) mass is 911 g/mol. The number of rotatable bonds is 4. The Labute approximate surface area is 414 Å². The van der Waals surface area contributed by atoms with Crippen LogP contribution in [0.3, 0.4) is 0 Å². The van der Waals surface area contributed by atoms with Gasteiger partial charge in [-0.05, 0) is 155 Å². The van der Waals surface area contributed by atoms with Crippen molar-refractivity contribution in [3.05, 3.63) is 186 Å². The SMILES string of the molecule is Cc1cc2c3c(c1)N(c1ccc(C(C)(C)C)cc1-c1ccccc1)c1cc(N4c5ccccc5C5(C)CCCCC45C)ccc1B3c1cc(C(C)(C)C)ccc1N2c1ccc2oc3ccccc3c2c1. The van der Waals surface area contributed by atoms with Crippen molar-refractivity contribution in [1.82, 2.24) is 0 Å². The van der Waals surface area contributed by atoms with Crippen LogP contribution in [0.1, 0.15) is 103 Å². The minimum atomic E-state index is -0.0745. The standard InChI is InChI=1S/C65H62BN3O/c1-41-35-57-61-58(36-41)68(53-30-25-43(62(2,3)4)37-48(53)42-19-11-10-12-20-42)56-40-46(69-54-23-15-14-22-50(54)64(8)33-17-18-34-65(64,69)9)27-29-51(56)66(61)52-38-44(63(5,6)7)26-31-55(52)67(57)45-28-32-60-49(39-45)47-21-13-16-24-59(47)70-60/h10-16,19-32,35-40H,17-18,33-34H2,1-9H3. The van der Waals surface area contributed by atoms with Gasteiger partial charge in [-0.1, -0.05) is 152 Å². The molecular weight excluding hydrogens is 850 g/mol. The topological polar surface area (TPSA) is 22.9 Å². The summed E-state index contributed by atoms with van der Waals surface area (Å²) in [7, 11) is 0. The molecule has 13 rings (SSSR count). The number of benzene rings is 8. The number of para-hydroxylation sites is 2. The minimum absolute atomic E-state index is 0.0200. The molecule has 70 heavy (non-hydrogen) atoms. The van der Waals surface area contributed by atoms with Crippen LogP contribution in [0, 0.1) is 6.92 Å². The summed E-state index contributed by atoms with van der Waals surface area (Å²) in [5.41, 5.74) is 23.3. The smallest absolute Gasteiger partial charge is 0.252 e. The molecule has 2 atom stereocenters. The van der Waals surface area contributed by atoms with Crippen molar-refractivity contribution in [2.45, 2.75) is 110 Å². The fourth-order valence-corrected chi connectivity index (χ4v) is 13.3. The molecule has 0 bridgehead atoms. The third-order valence-corrected chi connectivity index (χ3v) is 17.1. The molecule has 4 heterocycles. The van der Waals surface area contributed by atoms with Crippen LogP contribution in [-0.4, -0.2) is 12.3 Å². The van der Waals surface area contributed by atoms with E-state index < -0.39 is 0 Å². The van der Waals surface area contributed by atoms with Crippen LogP contribution in [0.5, 0.6) is 0 Å². The summed E-state index contributed by atoms with van der Waals surface area (Å²) >= 11 is 0.